The maximum Gasteiger partial charge on any atom is 0.325 e. The normalized spacial score (nSPS) is 10.5. The first kappa shape index (κ1) is 15.5. The molecule has 0 saturated heterocycles. The van der Waals surface area contributed by atoms with Gasteiger partial charge < -0.3 is 5.32 Å². The van der Waals surface area contributed by atoms with Crippen LogP contribution in [0.15, 0.2) is 45.6 Å². The van der Waals surface area contributed by atoms with Crippen LogP contribution in [0.4, 0.5) is 15.6 Å². The highest BCUT2D eigenvalue weighted by Crippen LogP contribution is 2.33. The van der Waals surface area contributed by atoms with Crippen molar-refractivity contribution in [2.24, 2.45) is 0 Å². The zero-order valence-corrected chi connectivity index (χ0v) is 14.9. The number of urea groups is 1. The molecule has 2 aromatic heterocycles. The van der Waals surface area contributed by atoms with Crippen molar-refractivity contribution in [1.82, 2.24) is 4.98 Å². The van der Waals surface area contributed by atoms with Crippen molar-refractivity contribution in [3.63, 3.8) is 0 Å². The largest absolute Gasteiger partial charge is 0.325 e. The Hall–Kier alpha value is -1.41. The zero-order valence-electron chi connectivity index (χ0n) is 11.0. The highest BCUT2D eigenvalue weighted by atomic mass is 79.9. The van der Waals surface area contributed by atoms with Crippen LogP contribution in [0.3, 0.4) is 0 Å². The van der Waals surface area contributed by atoms with Gasteiger partial charge >= 0.3 is 6.03 Å². The summed E-state index contributed by atoms with van der Waals surface area (Å²) < 4.78 is 1.05. The molecule has 0 aliphatic rings. The smallest absolute Gasteiger partial charge is 0.308 e. The van der Waals surface area contributed by atoms with E-state index in [4.69, 9.17) is 11.6 Å². The number of rotatable bonds is 3. The first-order valence-corrected chi connectivity index (χ1v) is 9.02. The fraction of sp³-hybridized carbons (Fsp3) is 0. The van der Waals surface area contributed by atoms with Crippen LogP contribution >= 0.6 is 50.2 Å². The van der Waals surface area contributed by atoms with Crippen molar-refractivity contribution in [1.29, 1.82) is 0 Å². The van der Waals surface area contributed by atoms with Crippen LogP contribution in [0, 0.1) is 0 Å². The van der Waals surface area contributed by atoms with Gasteiger partial charge in [-0.3, -0.25) is 5.32 Å². The maximum atomic E-state index is 11.9. The molecule has 112 valence electrons. The van der Waals surface area contributed by atoms with Gasteiger partial charge in [0.05, 0.1) is 14.4 Å². The second-order valence-electron chi connectivity index (χ2n) is 4.23. The van der Waals surface area contributed by atoms with Gasteiger partial charge in [-0.1, -0.05) is 17.7 Å². The van der Waals surface area contributed by atoms with E-state index in [1.54, 1.807) is 35.6 Å². The number of benzene rings is 1. The van der Waals surface area contributed by atoms with Gasteiger partial charge in [0, 0.05) is 16.1 Å². The second-order valence-corrected chi connectivity index (χ2v) is 7.99. The van der Waals surface area contributed by atoms with Crippen LogP contribution in [-0.4, -0.2) is 11.0 Å². The molecular formula is C14H9BrClN3OS2. The van der Waals surface area contributed by atoms with Gasteiger partial charge in [0.15, 0.2) is 5.13 Å². The molecule has 0 bridgehead atoms. The average molecular weight is 415 g/mol. The summed E-state index contributed by atoms with van der Waals surface area (Å²) in [5.41, 5.74) is 1.47. The van der Waals surface area contributed by atoms with E-state index >= 15 is 0 Å². The number of nitrogens with zero attached hydrogens (tertiary/aromatic N) is 1. The lowest BCUT2D eigenvalue weighted by molar-refractivity contribution is 0.262. The van der Waals surface area contributed by atoms with Gasteiger partial charge in [-0.15, -0.1) is 22.7 Å². The lowest BCUT2D eigenvalue weighted by atomic mass is 10.3. The molecule has 1 aromatic carbocycles. The van der Waals surface area contributed by atoms with E-state index < -0.39 is 0 Å². The van der Waals surface area contributed by atoms with Crippen LogP contribution < -0.4 is 10.6 Å². The fourth-order valence-corrected chi connectivity index (χ4v) is 4.04. The van der Waals surface area contributed by atoms with Crippen LogP contribution in [0.1, 0.15) is 0 Å². The number of aromatic nitrogens is 1. The minimum Gasteiger partial charge on any atom is -0.308 e. The predicted octanol–water partition coefficient (Wildman–Crippen LogP) is 5.93. The molecule has 0 aliphatic carbocycles. The Kier molecular flexibility index (Phi) is 4.77. The number of amides is 2. The number of thiazole rings is 1. The summed E-state index contributed by atoms with van der Waals surface area (Å²) in [6, 6.07) is 10.6. The van der Waals surface area contributed by atoms with Gasteiger partial charge in [0.25, 0.3) is 0 Å². The highest BCUT2D eigenvalue weighted by molar-refractivity contribution is 9.11. The molecule has 0 aliphatic heterocycles. The zero-order chi connectivity index (χ0) is 15.5. The monoisotopic (exact) mass is 413 g/mol. The molecule has 0 spiro atoms. The topological polar surface area (TPSA) is 54.0 Å². The molecule has 4 nitrogen and oxygen atoms in total. The van der Waals surface area contributed by atoms with E-state index in [0.29, 0.717) is 15.8 Å². The first-order valence-electron chi connectivity index (χ1n) is 6.15. The Morgan fingerprint density at radius 2 is 2.09 bits per heavy atom. The van der Waals surface area contributed by atoms with Crippen molar-refractivity contribution in [3.05, 3.63) is 50.6 Å². The summed E-state index contributed by atoms with van der Waals surface area (Å²) in [5, 5.41) is 8.44. The fourth-order valence-electron chi connectivity index (χ4n) is 1.72. The first-order chi connectivity index (χ1) is 10.6. The molecule has 0 unspecified atom stereocenters. The molecule has 2 amide bonds. The van der Waals surface area contributed by atoms with Crippen molar-refractivity contribution in [2.75, 3.05) is 10.6 Å². The molecule has 0 saturated carbocycles. The number of hydrogen-bond donors (Lipinski definition) is 2. The number of carbonyl (C=O) groups is 1. The minimum atomic E-state index is -0.351. The quantitative estimate of drug-likeness (QED) is 0.558. The summed E-state index contributed by atoms with van der Waals surface area (Å²) in [7, 11) is 0. The average Bonchev–Trinajstić information content (AvgIpc) is 3.07. The van der Waals surface area contributed by atoms with Crippen LogP contribution in [-0.2, 0) is 0 Å². The summed E-state index contributed by atoms with van der Waals surface area (Å²) in [4.78, 5) is 17.4. The Morgan fingerprint density at radius 3 is 2.82 bits per heavy atom. The van der Waals surface area contributed by atoms with Crippen LogP contribution in [0.2, 0.25) is 5.02 Å². The molecule has 3 rings (SSSR count). The van der Waals surface area contributed by atoms with Crippen molar-refractivity contribution >= 4 is 67.1 Å². The van der Waals surface area contributed by atoms with Crippen LogP contribution in [0.5, 0.6) is 0 Å². The Morgan fingerprint density at radius 1 is 1.23 bits per heavy atom. The van der Waals surface area contributed by atoms with Gasteiger partial charge in [0.2, 0.25) is 0 Å². The summed E-state index contributed by atoms with van der Waals surface area (Å²) >= 11 is 12.3. The third-order valence-electron chi connectivity index (χ3n) is 2.63. The summed E-state index contributed by atoms with van der Waals surface area (Å²) in [6.45, 7) is 0. The summed E-state index contributed by atoms with van der Waals surface area (Å²) in [6.07, 6.45) is 0. The van der Waals surface area contributed by atoms with Gasteiger partial charge in [-0.25, -0.2) is 9.78 Å². The molecule has 0 atom stereocenters. The number of carbonyl (C=O) groups excluding carboxylic acids is 1. The third kappa shape index (κ3) is 3.86. The number of thiophene rings is 1. The van der Waals surface area contributed by atoms with Gasteiger partial charge in [0.1, 0.15) is 0 Å². The van der Waals surface area contributed by atoms with Gasteiger partial charge in [-0.2, -0.15) is 0 Å². The van der Waals surface area contributed by atoms with Crippen molar-refractivity contribution < 1.29 is 4.79 Å². The molecule has 22 heavy (non-hydrogen) atoms. The third-order valence-corrected chi connectivity index (χ3v) is 5.27. The van der Waals surface area contributed by atoms with Gasteiger partial charge in [-0.05, 0) is 46.3 Å². The number of nitrogens with one attached hydrogen (secondary N) is 2. The van der Waals surface area contributed by atoms with E-state index in [0.717, 1.165) is 14.4 Å². The Balaban J connectivity index is 1.66. The number of hydrogen-bond acceptors (Lipinski definition) is 4. The molecule has 0 radical (unpaired) electrons. The SMILES string of the molecule is O=C(Nc1cccc(Cl)c1)Nc1nc(-c2ccc(Br)s2)cs1. The predicted molar refractivity (Wildman–Crippen MR) is 97.2 cm³/mol. The Bertz CT molecular complexity index is 818. The van der Waals surface area contributed by atoms with Crippen LogP contribution in [0.25, 0.3) is 10.6 Å². The number of halogens is 2. The molecule has 2 N–H and O–H groups in total. The molecule has 3 aromatic rings. The molecule has 0 fully saturated rings. The summed E-state index contributed by atoms with van der Waals surface area (Å²) in [5.74, 6) is 0. The maximum absolute atomic E-state index is 11.9. The van der Waals surface area contributed by atoms with E-state index in [-0.39, 0.29) is 6.03 Å². The van der Waals surface area contributed by atoms with E-state index in [1.165, 1.54) is 11.3 Å². The second kappa shape index (κ2) is 6.78. The molecule has 2 heterocycles. The highest BCUT2D eigenvalue weighted by Gasteiger charge is 2.09. The number of anilines is 2. The minimum absolute atomic E-state index is 0.351. The lowest BCUT2D eigenvalue weighted by Gasteiger charge is -2.05. The molecule has 8 heteroatoms. The van der Waals surface area contributed by atoms with E-state index in [9.17, 15) is 4.79 Å². The van der Waals surface area contributed by atoms with E-state index in [1.807, 2.05) is 17.5 Å². The Labute approximate surface area is 148 Å². The molecular weight excluding hydrogens is 406 g/mol. The van der Waals surface area contributed by atoms with Crippen molar-refractivity contribution in [2.45, 2.75) is 0 Å². The van der Waals surface area contributed by atoms with Crippen molar-refractivity contribution in [3.8, 4) is 10.6 Å². The van der Waals surface area contributed by atoms with E-state index in [2.05, 4.69) is 31.5 Å². The standard InChI is InChI=1S/C14H9BrClN3OS2/c15-12-5-4-11(22-12)10-7-21-14(18-10)19-13(20)17-9-3-1-2-8(16)6-9/h1-7H,(H2,17,18,19,20). The lowest BCUT2D eigenvalue weighted by Crippen LogP contribution is -2.19.